The minimum Gasteiger partial charge on any atom is -0.379 e. The first-order chi connectivity index (χ1) is 12.6. The Morgan fingerprint density at radius 3 is 2.38 bits per heavy atom. The van der Waals surface area contributed by atoms with E-state index in [1.807, 2.05) is 29.2 Å². The molecule has 2 aliphatic heterocycles. The summed E-state index contributed by atoms with van der Waals surface area (Å²) in [7, 11) is 0. The maximum atomic E-state index is 12.5. The Morgan fingerprint density at radius 2 is 1.73 bits per heavy atom. The van der Waals surface area contributed by atoms with Crippen molar-refractivity contribution in [1.29, 1.82) is 0 Å². The number of nitrogens with one attached hydrogen (secondary N) is 1. The van der Waals surface area contributed by atoms with E-state index in [9.17, 15) is 9.59 Å². The number of likely N-dealkylation sites (tertiary alicyclic amines) is 1. The Morgan fingerprint density at radius 1 is 1.08 bits per heavy atom. The van der Waals surface area contributed by atoms with Crippen molar-refractivity contribution in [3.05, 3.63) is 34.3 Å². The molecule has 1 aromatic rings. The van der Waals surface area contributed by atoms with Crippen LogP contribution < -0.4 is 5.32 Å². The molecule has 0 radical (unpaired) electrons. The zero-order valence-corrected chi connectivity index (χ0v) is 16.5. The quantitative estimate of drug-likeness (QED) is 0.783. The Labute approximate surface area is 163 Å². The number of hydrogen-bond donors (Lipinski definition) is 1. The summed E-state index contributed by atoms with van der Waals surface area (Å²) in [5.41, 5.74) is 0.696. The fraction of sp³-hybridized carbons (Fsp3) is 0.579. The topological polar surface area (TPSA) is 61.9 Å². The summed E-state index contributed by atoms with van der Waals surface area (Å²) in [4.78, 5) is 29.0. The van der Waals surface area contributed by atoms with Crippen LogP contribution in [0.15, 0.2) is 28.7 Å². The maximum absolute atomic E-state index is 12.5. The molecule has 0 spiro atoms. The van der Waals surface area contributed by atoms with Crippen molar-refractivity contribution in [3.8, 4) is 0 Å². The molecule has 142 valence electrons. The van der Waals surface area contributed by atoms with Gasteiger partial charge in [0.05, 0.1) is 13.2 Å². The van der Waals surface area contributed by atoms with Crippen LogP contribution in [0.4, 0.5) is 0 Å². The lowest BCUT2D eigenvalue weighted by molar-refractivity contribution is -0.126. The van der Waals surface area contributed by atoms with Gasteiger partial charge in [0.25, 0.3) is 5.91 Å². The Bertz CT molecular complexity index is 609. The van der Waals surface area contributed by atoms with Crippen molar-refractivity contribution in [3.63, 3.8) is 0 Å². The van der Waals surface area contributed by atoms with E-state index in [-0.39, 0.29) is 17.7 Å². The number of carbonyl (C=O) groups is 2. The molecule has 2 fully saturated rings. The normalized spacial score (nSPS) is 19.3. The van der Waals surface area contributed by atoms with Crippen LogP contribution in [0.25, 0.3) is 0 Å². The summed E-state index contributed by atoms with van der Waals surface area (Å²) in [5.74, 6) is 0.173. The van der Waals surface area contributed by atoms with Gasteiger partial charge in [-0.25, -0.2) is 0 Å². The SMILES string of the molecule is O=C(NCCN1CCOCC1)C1CCN(C(=O)c2ccc(Br)cc2)CC1. The van der Waals surface area contributed by atoms with Gasteiger partial charge in [0.15, 0.2) is 0 Å². The number of morpholine rings is 1. The number of ether oxygens (including phenoxy) is 1. The highest BCUT2D eigenvalue weighted by Crippen LogP contribution is 2.20. The van der Waals surface area contributed by atoms with Crippen LogP contribution in [0.1, 0.15) is 23.2 Å². The molecule has 2 amide bonds. The lowest BCUT2D eigenvalue weighted by Gasteiger charge is -2.32. The number of nitrogens with zero attached hydrogens (tertiary/aromatic N) is 2. The van der Waals surface area contributed by atoms with E-state index in [1.54, 1.807) is 0 Å². The summed E-state index contributed by atoms with van der Waals surface area (Å²) in [6.07, 6.45) is 1.46. The minimum absolute atomic E-state index is 0.00802. The minimum atomic E-state index is 0.00802. The van der Waals surface area contributed by atoms with Gasteiger partial charge in [0.1, 0.15) is 0 Å². The van der Waals surface area contributed by atoms with Gasteiger partial charge in [-0.15, -0.1) is 0 Å². The molecule has 0 bridgehead atoms. The first-order valence-electron chi connectivity index (χ1n) is 9.26. The van der Waals surface area contributed by atoms with Crippen LogP contribution in [0, 0.1) is 5.92 Å². The molecule has 7 heteroatoms. The summed E-state index contributed by atoms with van der Waals surface area (Å²) < 4.78 is 6.29. The summed E-state index contributed by atoms with van der Waals surface area (Å²) in [6.45, 7) is 6.25. The molecule has 6 nitrogen and oxygen atoms in total. The highest BCUT2D eigenvalue weighted by molar-refractivity contribution is 9.10. The highest BCUT2D eigenvalue weighted by Gasteiger charge is 2.27. The third-order valence-corrected chi connectivity index (χ3v) is 5.60. The average molecular weight is 424 g/mol. The van der Waals surface area contributed by atoms with E-state index in [2.05, 4.69) is 26.1 Å². The number of carbonyl (C=O) groups excluding carboxylic acids is 2. The standard InChI is InChI=1S/C19H26BrN3O3/c20-17-3-1-16(2-4-17)19(25)23-8-5-15(6-9-23)18(24)21-7-10-22-11-13-26-14-12-22/h1-4,15H,5-14H2,(H,21,24). The van der Waals surface area contributed by atoms with Gasteiger partial charge in [0, 0.05) is 55.2 Å². The van der Waals surface area contributed by atoms with Crippen LogP contribution in [0.3, 0.4) is 0 Å². The molecular formula is C19H26BrN3O3. The third-order valence-electron chi connectivity index (χ3n) is 5.08. The largest absolute Gasteiger partial charge is 0.379 e. The van der Waals surface area contributed by atoms with E-state index in [4.69, 9.17) is 4.74 Å². The van der Waals surface area contributed by atoms with Crippen molar-refractivity contribution in [2.24, 2.45) is 5.92 Å². The molecule has 2 heterocycles. The fourth-order valence-corrected chi connectivity index (χ4v) is 3.69. The number of rotatable bonds is 5. The van der Waals surface area contributed by atoms with E-state index in [0.717, 1.165) is 50.2 Å². The third kappa shape index (κ3) is 5.28. The van der Waals surface area contributed by atoms with Crippen LogP contribution in [-0.2, 0) is 9.53 Å². The summed E-state index contributed by atoms with van der Waals surface area (Å²) >= 11 is 3.38. The second-order valence-corrected chi connectivity index (χ2v) is 7.73. The number of amides is 2. The van der Waals surface area contributed by atoms with Crippen LogP contribution in [-0.4, -0.2) is 74.1 Å². The Kier molecular flexibility index (Phi) is 7.05. The van der Waals surface area contributed by atoms with Crippen LogP contribution in [0.5, 0.6) is 0 Å². The fourth-order valence-electron chi connectivity index (χ4n) is 3.43. The van der Waals surface area contributed by atoms with Crippen molar-refractivity contribution < 1.29 is 14.3 Å². The molecule has 1 aromatic carbocycles. The lowest BCUT2D eigenvalue weighted by Crippen LogP contribution is -2.45. The van der Waals surface area contributed by atoms with E-state index in [0.29, 0.717) is 25.2 Å². The van der Waals surface area contributed by atoms with Gasteiger partial charge < -0.3 is 15.0 Å². The number of piperidine rings is 1. The average Bonchev–Trinajstić information content (AvgIpc) is 2.69. The number of hydrogen-bond acceptors (Lipinski definition) is 4. The van der Waals surface area contributed by atoms with Gasteiger partial charge in [-0.3, -0.25) is 14.5 Å². The molecule has 0 saturated carbocycles. The molecule has 1 N–H and O–H groups in total. The van der Waals surface area contributed by atoms with Gasteiger partial charge in [-0.1, -0.05) is 15.9 Å². The van der Waals surface area contributed by atoms with Crippen molar-refractivity contribution >= 4 is 27.7 Å². The van der Waals surface area contributed by atoms with Gasteiger partial charge in [-0.05, 0) is 37.1 Å². The number of halogens is 1. The Hall–Kier alpha value is -1.44. The maximum Gasteiger partial charge on any atom is 0.253 e. The molecule has 0 aliphatic carbocycles. The molecule has 2 aliphatic rings. The predicted octanol–water partition coefficient (Wildman–Crippen LogP) is 1.75. The zero-order valence-electron chi connectivity index (χ0n) is 15.0. The van der Waals surface area contributed by atoms with Crippen LogP contribution >= 0.6 is 15.9 Å². The van der Waals surface area contributed by atoms with Gasteiger partial charge >= 0.3 is 0 Å². The van der Waals surface area contributed by atoms with Crippen molar-refractivity contribution in [2.45, 2.75) is 12.8 Å². The van der Waals surface area contributed by atoms with Crippen LogP contribution in [0.2, 0.25) is 0 Å². The highest BCUT2D eigenvalue weighted by atomic mass is 79.9. The molecule has 2 saturated heterocycles. The lowest BCUT2D eigenvalue weighted by atomic mass is 9.95. The summed E-state index contributed by atoms with van der Waals surface area (Å²) in [6, 6.07) is 7.41. The molecule has 0 atom stereocenters. The Balaban J connectivity index is 1.39. The van der Waals surface area contributed by atoms with E-state index < -0.39 is 0 Å². The first-order valence-corrected chi connectivity index (χ1v) is 10.1. The van der Waals surface area contributed by atoms with E-state index in [1.165, 1.54) is 0 Å². The summed E-state index contributed by atoms with van der Waals surface area (Å²) in [5, 5.41) is 3.05. The van der Waals surface area contributed by atoms with Crippen molar-refractivity contribution in [1.82, 2.24) is 15.1 Å². The monoisotopic (exact) mass is 423 g/mol. The molecule has 26 heavy (non-hydrogen) atoms. The first kappa shape index (κ1) is 19.3. The molecular weight excluding hydrogens is 398 g/mol. The number of benzene rings is 1. The van der Waals surface area contributed by atoms with E-state index >= 15 is 0 Å². The predicted molar refractivity (Wildman–Crippen MR) is 103 cm³/mol. The smallest absolute Gasteiger partial charge is 0.253 e. The van der Waals surface area contributed by atoms with Gasteiger partial charge in [0.2, 0.25) is 5.91 Å². The molecule has 0 unspecified atom stereocenters. The molecule has 0 aromatic heterocycles. The zero-order chi connectivity index (χ0) is 18.4. The second kappa shape index (κ2) is 9.48. The van der Waals surface area contributed by atoms with Crippen molar-refractivity contribution in [2.75, 3.05) is 52.5 Å². The second-order valence-electron chi connectivity index (χ2n) is 6.82. The molecule has 3 rings (SSSR count). The van der Waals surface area contributed by atoms with Gasteiger partial charge in [-0.2, -0.15) is 0 Å².